The molecule has 2 unspecified atom stereocenters. The van der Waals surface area contributed by atoms with Crippen molar-refractivity contribution in [2.45, 2.75) is 38.0 Å². The molecule has 2 atom stereocenters. The molecule has 0 spiro atoms. The van der Waals surface area contributed by atoms with E-state index in [0.29, 0.717) is 11.3 Å². The first-order valence-electron chi connectivity index (χ1n) is 12.6. The van der Waals surface area contributed by atoms with Gasteiger partial charge in [0.25, 0.3) is 0 Å². The van der Waals surface area contributed by atoms with Crippen LogP contribution in [0.1, 0.15) is 36.6 Å². The summed E-state index contributed by atoms with van der Waals surface area (Å²) in [6.45, 7) is 2.89. The van der Waals surface area contributed by atoms with Crippen LogP contribution >= 0.6 is 0 Å². The molecule has 8 nitrogen and oxygen atoms in total. The lowest BCUT2D eigenvalue weighted by atomic mass is 9.92. The Labute approximate surface area is 235 Å². The summed E-state index contributed by atoms with van der Waals surface area (Å²) in [5.41, 5.74) is -0.426. The maximum atomic E-state index is 15.5. The van der Waals surface area contributed by atoms with E-state index in [9.17, 15) is 31.9 Å². The summed E-state index contributed by atoms with van der Waals surface area (Å²) in [4.78, 5) is 32.4. The number of hydrogen-bond acceptors (Lipinski definition) is 6. The molecule has 0 aliphatic carbocycles. The molecule has 4 rings (SSSR count). The van der Waals surface area contributed by atoms with Gasteiger partial charge in [0.15, 0.2) is 21.5 Å². The fourth-order valence-corrected chi connectivity index (χ4v) is 5.83. The first kappa shape index (κ1) is 29.9. The fraction of sp³-hybridized carbons (Fsp3) is 0.276. The number of aliphatic hydroxyl groups is 1. The van der Waals surface area contributed by atoms with Gasteiger partial charge in [-0.3, -0.25) is 14.6 Å². The largest absolute Gasteiger partial charge is 0.384 e. The number of aromatic nitrogens is 1. The second-order valence-corrected chi connectivity index (χ2v) is 12.1. The van der Waals surface area contributed by atoms with Gasteiger partial charge >= 0.3 is 0 Å². The summed E-state index contributed by atoms with van der Waals surface area (Å²) in [5, 5.41) is 13.7. The molecule has 2 amide bonds. The summed E-state index contributed by atoms with van der Waals surface area (Å²) >= 11 is 0. The molecule has 2 N–H and O–H groups in total. The summed E-state index contributed by atoms with van der Waals surface area (Å²) in [6, 6.07) is 8.83. The number of likely N-dealkylation sites (N-methyl/N-ethyl adjacent to an activating group) is 1. The Balaban J connectivity index is 1.75. The normalized spacial score (nSPS) is 16.8. The molecule has 1 aliphatic rings. The van der Waals surface area contributed by atoms with Crippen molar-refractivity contribution in [1.29, 1.82) is 0 Å². The lowest BCUT2D eigenvalue weighted by Crippen LogP contribution is -2.46. The monoisotopic (exact) mass is 587 g/mol. The van der Waals surface area contributed by atoms with Crippen molar-refractivity contribution in [3.63, 3.8) is 0 Å². The van der Waals surface area contributed by atoms with E-state index in [4.69, 9.17) is 0 Å². The molecule has 0 radical (unpaired) electrons. The van der Waals surface area contributed by atoms with E-state index < -0.39 is 62.4 Å². The molecule has 0 saturated carbocycles. The molecule has 0 saturated heterocycles. The summed E-state index contributed by atoms with van der Waals surface area (Å²) in [5.74, 6) is -6.97. The van der Waals surface area contributed by atoms with Crippen molar-refractivity contribution in [2.24, 2.45) is 0 Å². The molecular formula is C29H28F3N3O5S. The number of amides is 2. The molecule has 0 bridgehead atoms. The highest BCUT2D eigenvalue weighted by Gasteiger charge is 2.39. The molecule has 2 heterocycles. The van der Waals surface area contributed by atoms with Gasteiger partial charge < -0.3 is 15.3 Å². The Morgan fingerprint density at radius 2 is 1.71 bits per heavy atom. The number of carbonyl (C=O) groups is 2. The number of pyridine rings is 1. The number of nitrogens with one attached hydrogen (secondary N) is 1. The van der Waals surface area contributed by atoms with Crippen LogP contribution in [-0.4, -0.2) is 54.1 Å². The van der Waals surface area contributed by atoms with Gasteiger partial charge in [-0.25, -0.2) is 21.6 Å². The van der Waals surface area contributed by atoms with E-state index in [1.54, 1.807) is 12.1 Å². The van der Waals surface area contributed by atoms with Crippen molar-refractivity contribution in [1.82, 2.24) is 15.2 Å². The molecule has 0 fully saturated rings. The number of hydrogen-bond donors (Lipinski definition) is 2. The third-order valence-corrected chi connectivity index (χ3v) is 8.10. The third-order valence-electron chi connectivity index (χ3n) is 6.72. The zero-order valence-electron chi connectivity index (χ0n) is 22.4. The van der Waals surface area contributed by atoms with Crippen LogP contribution < -0.4 is 5.32 Å². The predicted octanol–water partition coefficient (Wildman–Crippen LogP) is 3.56. The minimum absolute atomic E-state index is 0.170. The van der Waals surface area contributed by atoms with Crippen LogP contribution in [0.4, 0.5) is 13.2 Å². The minimum Gasteiger partial charge on any atom is -0.384 e. The quantitative estimate of drug-likeness (QED) is 0.390. The Morgan fingerprint density at radius 3 is 2.27 bits per heavy atom. The highest BCUT2D eigenvalue weighted by molar-refractivity contribution is 7.94. The Hall–Kier alpha value is -4.03. The highest BCUT2D eigenvalue weighted by Crippen LogP contribution is 2.31. The Kier molecular flexibility index (Phi) is 8.36. The molecular weight excluding hydrogens is 559 g/mol. The van der Waals surface area contributed by atoms with Gasteiger partial charge in [0.1, 0.15) is 17.3 Å². The zero-order valence-corrected chi connectivity index (χ0v) is 23.3. The Morgan fingerprint density at radius 1 is 1.05 bits per heavy atom. The lowest BCUT2D eigenvalue weighted by molar-refractivity contribution is -0.139. The number of carbonyl (C=O) groups excluding carboxylic acids is 2. The van der Waals surface area contributed by atoms with Gasteiger partial charge in [-0.15, -0.1) is 0 Å². The molecule has 12 heteroatoms. The average molecular weight is 588 g/mol. The van der Waals surface area contributed by atoms with E-state index in [-0.39, 0.29) is 23.2 Å². The smallest absolute Gasteiger partial charge is 0.240 e. The maximum Gasteiger partial charge on any atom is 0.240 e. The fourth-order valence-electron chi connectivity index (χ4n) is 4.53. The van der Waals surface area contributed by atoms with Gasteiger partial charge in [0.2, 0.25) is 11.8 Å². The van der Waals surface area contributed by atoms with Crippen molar-refractivity contribution < 1.29 is 36.3 Å². The number of sulfone groups is 1. The first-order valence-corrected chi connectivity index (χ1v) is 14.3. The topological polar surface area (TPSA) is 117 Å². The molecule has 1 aromatic heterocycles. The Bertz CT molecular complexity index is 1640. The molecule has 216 valence electrons. The number of rotatable bonds is 8. The summed E-state index contributed by atoms with van der Waals surface area (Å²) in [6.07, 6.45) is 2.76. The maximum absolute atomic E-state index is 15.5. The predicted molar refractivity (Wildman–Crippen MR) is 145 cm³/mol. The van der Waals surface area contributed by atoms with Gasteiger partial charge in [-0.2, -0.15) is 0 Å². The van der Waals surface area contributed by atoms with E-state index in [2.05, 4.69) is 10.3 Å². The van der Waals surface area contributed by atoms with E-state index in [1.165, 1.54) is 56.3 Å². The average Bonchev–Trinajstić information content (AvgIpc) is 3.28. The van der Waals surface area contributed by atoms with E-state index >= 15 is 4.39 Å². The molecule has 3 aromatic rings. The second-order valence-electron chi connectivity index (χ2n) is 10.2. The van der Waals surface area contributed by atoms with Crippen LogP contribution in [0.15, 0.2) is 66.2 Å². The van der Waals surface area contributed by atoms with Crippen LogP contribution in [-0.2, 0) is 31.6 Å². The second kappa shape index (κ2) is 11.5. The van der Waals surface area contributed by atoms with Crippen LogP contribution in [0.5, 0.6) is 0 Å². The number of nitrogens with zero attached hydrogens (tertiary/aromatic N) is 2. The van der Waals surface area contributed by atoms with Crippen molar-refractivity contribution in [3.8, 4) is 11.1 Å². The van der Waals surface area contributed by atoms with Gasteiger partial charge in [-0.05, 0) is 66.9 Å². The summed E-state index contributed by atoms with van der Waals surface area (Å²) < 4.78 is 67.2. The number of halogens is 3. The van der Waals surface area contributed by atoms with Crippen molar-refractivity contribution in [2.75, 3.05) is 12.8 Å². The van der Waals surface area contributed by atoms with Gasteiger partial charge in [0, 0.05) is 30.8 Å². The number of benzene rings is 2. The SMILES string of the molecule is CNC(=O)C(C(=O)N(Cc1ccnc(C(C)(C)O)c1)C1C=CS(=O)(=O)C1)c1ccc(-c2ccc(F)c(F)c2)cc1F. The van der Waals surface area contributed by atoms with Crippen LogP contribution in [0.3, 0.4) is 0 Å². The van der Waals surface area contributed by atoms with E-state index in [0.717, 1.165) is 23.6 Å². The zero-order chi connectivity index (χ0) is 30.1. The van der Waals surface area contributed by atoms with Gasteiger partial charge in [0.05, 0.1) is 17.5 Å². The molecule has 41 heavy (non-hydrogen) atoms. The van der Waals surface area contributed by atoms with E-state index in [1.807, 2.05) is 0 Å². The minimum atomic E-state index is -3.62. The van der Waals surface area contributed by atoms with Crippen molar-refractivity contribution in [3.05, 3.63) is 100 Å². The first-order chi connectivity index (χ1) is 19.2. The highest BCUT2D eigenvalue weighted by atomic mass is 32.2. The van der Waals surface area contributed by atoms with Gasteiger partial charge in [-0.1, -0.05) is 18.2 Å². The van der Waals surface area contributed by atoms with Crippen molar-refractivity contribution >= 4 is 21.7 Å². The summed E-state index contributed by atoms with van der Waals surface area (Å²) in [7, 11) is -2.35. The standard InChI is InChI=1S/C29H28F3N3O5S/c1-29(2,38)25-12-17(8-10-34-25)15-35(20-9-11-41(39,40)16-20)28(37)26(27(36)33-3)21-6-4-18(13-23(21)31)19-5-7-22(30)24(32)14-19/h4-14,20,26,38H,15-16H2,1-3H3,(H,33,36). The third kappa shape index (κ3) is 6.66. The van der Waals surface area contributed by atoms with Crippen LogP contribution in [0, 0.1) is 17.5 Å². The van der Waals surface area contributed by atoms with Crippen LogP contribution in [0.25, 0.3) is 11.1 Å². The molecule has 1 aliphatic heterocycles. The van der Waals surface area contributed by atoms with Crippen LogP contribution in [0.2, 0.25) is 0 Å². The molecule has 2 aromatic carbocycles. The lowest BCUT2D eigenvalue weighted by Gasteiger charge is -2.31.